The van der Waals surface area contributed by atoms with Crippen molar-refractivity contribution >= 4 is 11.7 Å². The van der Waals surface area contributed by atoms with E-state index < -0.39 is 0 Å². The minimum absolute atomic E-state index is 0.0816. The molecule has 1 aliphatic heterocycles. The Bertz CT molecular complexity index is 706. The van der Waals surface area contributed by atoms with Gasteiger partial charge < -0.3 is 19.5 Å². The lowest BCUT2D eigenvalue weighted by Crippen LogP contribution is -2.47. The van der Waals surface area contributed by atoms with E-state index >= 15 is 0 Å². The van der Waals surface area contributed by atoms with Crippen molar-refractivity contribution in [1.29, 1.82) is 0 Å². The average Bonchev–Trinajstić information content (AvgIpc) is 3.18. The Morgan fingerprint density at radius 1 is 1.35 bits per heavy atom. The molecular formula is C20H28N4O2. The molecule has 1 aliphatic rings. The molecule has 140 valence electrons. The van der Waals surface area contributed by atoms with Gasteiger partial charge in [0.1, 0.15) is 5.69 Å². The first-order valence-corrected chi connectivity index (χ1v) is 9.41. The number of likely N-dealkylation sites (tertiary alicyclic amines) is 1. The van der Waals surface area contributed by atoms with Crippen LogP contribution in [0.1, 0.15) is 44.1 Å². The fraction of sp³-hybridized carbons (Fsp3) is 0.500. The molecule has 2 aromatic rings. The monoisotopic (exact) mass is 356 g/mol. The van der Waals surface area contributed by atoms with Crippen molar-refractivity contribution in [2.75, 3.05) is 24.5 Å². The van der Waals surface area contributed by atoms with E-state index in [1.807, 2.05) is 49.2 Å². The summed E-state index contributed by atoms with van der Waals surface area (Å²) in [5.74, 6) is 1.81. The number of hydrogen-bond acceptors (Lipinski definition) is 4. The third-order valence-corrected chi connectivity index (χ3v) is 4.75. The van der Waals surface area contributed by atoms with Crippen LogP contribution in [-0.2, 0) is 0 Å². The van der Waals surface area contributed by atoms with E-state index in [-0.39, 0.29) is 12.0 Å². The first-order chi connectivity index (χ1) is 12.6. The largest absolute Gasteiger partial charge is 0.487 e. The summed E-state index contributed by atoms with van der Waals surface area (Å²) in [6.07, 6.45) is 5.57. The van der Waals surface area contributed by atoms with Crippen molar-refractivity contribution in [2.45, 2.75) is 45.8 Å². The first kappa shape index (κ1) is 18.3. The molecule has 1 amide bonds. The van der Waals surface area contributed by atoms with E-state index in [1.54, 1.807) is 6.20 Å². The number of carbonyl (C=O) groups excluding carboxylic acids is 1. The predicted octanol–water partition coefficient (Wildman–Crippen LogP) is 3.33. The molecule has 0 bridgehead atoms. The minimum Gasteiger partial charge on any atom is -0.487 e. The van der Waals surface area contributed by atoms with Gasteiger partial charge in [-0.25, -0.2) is 4.98 Å². The van der Waals surface area contributed by atoms with Crippen LogP contribution in [0.25, 0.3) is 0 Å². The van der Waals surface area contributed by atoms with Gasteiger partial charge in [0, 0.05) is 38.1 Å². The maximum atomic E-state index is 12.5. The summed E-state index contributed by atoms with van der Waals surface area (Å²) in [5.41, 5.74) is 0.660. The van der Waals surface area contributed by atoms with E-state index in [9.17, 15) is 4.79 Å². The molecule has 26 heavy (non-hydrogen) atoms. The molecule has 3 rings (SSSR count). The number of ether oxygens (including phenoxy) is 1. The highest BCUT2D eigenvalue weighted by Crippen LogP contribution is 2.30. The Balaban J connectivity index is 1.68. The normalized spacial score (nSPS) is 15.3. The smallest absolute Gasteiger partial charge is 0.270 e. The molecule has 0 atom stereocenters. The molecule has 1 fully saturated rings. The Kier molecular flexibility index (Phi) is 5.81. The molecule has 0 unspecified atom stereocenters. The predicted molar refractivity (Wildman–Crippen MR) is 103 cm³/mol. The van der Waals surface area contributed by atoms with E-state index in [1.165, 1.54) is 0 Å². The van der Waals surface area contributed by atoms with Crippen molar-refractivity contribution in [3.63, 3.8) is 0 Å². The second-order valence-electron chi connectivity index (χ2n) is 6.88. The van der Waals surface area contributed by atoms with Crippen molar-refractivity contribution in [2.24, 2.45) is 0 Å². The maximum absolute atomic E-state index is 12.5. The standard InChI is InChI=1S/C20H28N4O2/c1-4-24(19-18(26-15(2)3)8-6-12-22-19)16-9-13-23(14-10-16)20(25)17-7-5-11-21-17/h5-8,11-12,15-16,21H,4,9-10,13-14H2,1-3H3. The fourth-order valence-corrected chi connectivity index (χ4v) is 3.54. The Morgan fingerprint density at radius 3 is 2.73 bits per heavy atom. The van der Waals surface area contributed by atoms with Gasteiger partial charge in [-0.05, 0) is 57.9 Å². The molecule has 0 saturated carbocycles. The molecule has 1 saturated heterocycles. The number of carbonyl (C=O) groups is 1. The van der Waals surface area contributed by atoms with Gasteiger partial charge in [0.15, 0.2) is 11.6 Å². The summed E-state index contributed by atoms with van der Waals surface area (Å²) < 4.78 is 5.95. The van der Waals surface area contributed by atoms with Crippen LogP contribution in [0.4, 0.5) is 5.82 Å². The second-order valence-corrected chi connectivity index (χ2v) is 6.88. The zero-order valence-corrected chi connectivity index (χ0v) is 15.8. The van der Waals surface area contributed by atoms with Gasteiger partial charge in [-0.15, -0.1) is 0 Å². The van der Waals surface area contributed by atoms with Crippen LogP contribution in [-0.4, -0.2) is 52.6 Å². The number of nitrogens with zero attached hydrogens (tertiary/aromatic N) is 3. The molecule has 0 aromatic carbocycles. The Morgan fingerprint density at radius 2 is 2.12 bits per heavy atom. The van der Waals surface area contributed by atoms with Gasteiger partial charge in [0.2, 0.25) is 0 Å². The highest BCUT2D eigenvalue weighted by Gasteiger charge is 2.29. The summed E-state index contributed by atoms with van der Waals surface area (Å²) >= 11 is 0. The number of rotatable bonds is 6. The topological polar surface area (TPSA) is 61.5 Å². The number of aromatic nitrogens is 2. The van der Waals surface area contributed by atoms with Crippen LogP contribution in [0.15, 0.2) is 36.7 Å². The molecule has 1 N–H and O–H groups in total. The summed E-state index contributed by atoms with van der Waals surface area (Å²) in [6, 6.07) is 7.94. The van der Waals surface area contributed by atoms with Crippen molar-refractivity contribution in [3.8, 4) is 5.75 Å². The molecule has 0 aliphatic carbocycles. The van der Waals surface area contributed by atoms with Crippen molar-refractivity contribution in [1.82, 2.24) is 14.9 Å². The first-order valence-electron chi connectivity index (χ1n) is 9.41. The summed E-state index contributed by atoms with van der Waals surface area (Å²) in [7, 11) is 0. The highest BCUT2D eigenvalue weighted by molar-refractivity contribution is 5.92. The number of amides is 1. The second kappa shape index (κ2) is 8.25. The molecule has 6 nitrogen and oxygen atoms in total. The lowest BCUT2D eigenvalue weighted by molar-refractivity contribution is 0.0707. The zero-order valence-electron chi connectivity index (χ0n) is 15.8. The van der Waals surface area contributed by atoms with Crippen LogP contribution < -0.4 is 9.64 Å². The third kappa shape index (κ3) is 4.00. The van der Waals surface area contributed by atoms with E-state index in [0.29, 0.717) is 11.7 Å². The zero-order chi connectivity index (χ0) is 18.5. The number of nitrogens with one attached hydrogen (secondary N) is 1. The lowest BCUT2D eigenvalue weighted by atomic mass is 10.0. The number of anilines is 1. The fourth-order valence-electron chi connectivity index (χ4n) is 3.54. The Labute approximate surface area is 155 Å². The maximum Gasteiger partial charge on any atom is 0.270 e. The molecule has 0 spiro atoms. The van der Waals surface area contributed by atoms with Gasteiger partial charge in [-0.2, -0.15) is 0 Å². The van der Waals surface area contributed by atoms with Gasteiger partial charge in [0.05, 0.1) is 6.10 Å². The average molecular weight is 356 g/mol. The number of aromatic amines is 1. The molecular weight excluding hydrogens is 328 g/mol. The van der Waals surface area contributed by atoms with Crippen LogP contribution in [0.5, 0.6) is 5.75 Å². The number of H-pyrrole nitrogens is 1. The van der Waals surface area contributed by atoms with Crippen molar-refractivity contribution in [3.05, 3.63) is 42.4 Å². The minimum atomic E-state index is 0.0816. The lowest BCUT2D eigenvalue weighted by Gasteiger charge is -2.39. The number of piperidine rings is 1. The molecule has 0 radical (unpaired) electrons. The van der Waals surface area contributed by atoms with Crippen LogP contribution in [0, 0.1) is 0 Å². The molecule has 2 aromatic heterocycles. The summed E-state index contributed by atoms with van der Waals surface area (Å²) in [6.45, 7) is 8.57. The van der Waals surface area contributed by atoms with Crippen molar-refractivity contribution < 1.29 is 9.53 Å². The summed E-state index contributed by atoms with van der Waals surface area (Å²) in [5, 5.41) is 0. The number of hydrogen-bond donors (Lipinski definition) is 1. The van der Waals surface area contributed by atoms with Gasteiger partial charge in [0.25, 0.3) is 5.91 Å². The third-order valence-electron chi connectivity index (χ3n) is 4.75. The van der Waals surface area contributed by atoms with Crippen LogP contribution in [0.3, 0.4) is 0 Å². The van der Waals surface area contributed by atoms with Crippen LogP contribution >= 0.6 is 0 Å². The molecule has 3 heterocycles. The SMILES string of the molecule is CCN(c1ncccc1OC(C)C)C1CCN(C(=O)c2ccc[nH]2)CC1. The quantitative estimate of drug-likeness (QED) is 0.862. The summed E-state index contributed by atoms with van der Waals surface area (Å²) in [4.78, 5) is 24.3. The highest BCUT2D eigenvalue weighted by atomic mass is 16.5. The van der Waals surface area contributed by atoms with Gasteiger partial charge in [-0.3, -0.25) is 4.79 Å². The van der Waals surface area contributed by atoms with Gasteiger partial charge >= 0.3 is 0 Å². The van der Waals surface area contributed by atoms with Crippen LogP contribution in [0.2, 0.25) is 0 Å². The van der Waals surface area contributed by atoms with E-state index in [0.717, 1.165) is 44.0 Å². The Hall–Kier alpha value is -2.50. The molecule has 6 heteroatoms. The number of pyridine rings is 1. The van der Waals surface area contributed by atoms with Gasteiger partial charge in [-0.1, -0.05) is 0 Å². The van der Waals surface area contributed by atoms with E-state index in [4.69, 9.17) is 4.74 Å². The van der Waals surface area contributed by atoms with E-state index in [2.05, 4.69) is 21.8 Å².